The largest absolute Gasteiger partial charge is 0.217 e. The Morgan fingerprint density at radius 2 is 2.21 bits per heavy atom. The first-order chi connectivity index (χ1) is 9.42. The first kappa shape index (κ1) is 11.8. The summed E-state index contributed by atoms with van der Waals surface area (Å²) in [7, 11) is 0. The third kappa shape index (κ3) is 2.27. The molecule has 0 bridgehead atoms. The van der Waals surface area contributed by atoms with Crippen LogP contribution in [0.1, 0.15) is 30.4 Å². The van der Waals surface area contributed by atoms with Crippen LogP contribution in [0.5, 0.6) is 0 Å². The summed E-state index contributed by atoms with van der Waals surface area (Å²) in [6.07, 6.45) is 2.45. The Balaban J connectivity index is 1.47. The SMILES string of the molecule is c1ccc2c(c1)SCC2CSc1nnnn1C1CC1. The molecule has 0 saturated heterocycles. The van der Waals surface area contributed by atoms with Crippen LogP contribution in [-0.2, 0) is 0 Å². The molecule has 4 nitrogen and oxygen atoms in total. The van der Waals surface area contributed by atoms with Gasteiger partial charge in [0.05, 0.1) is 6.04 Å². The van der Waals surface area contributed by atoms with E-state index >= 15 is 0 Å². The fourth-order valence-corrected chi connectivity index (χ4v) is 4.83. The van der Waals surface area contributed by atoms with Crippen molar-refractivity contribution in [2.45, 2.75) is 34.9 Å². The molecule has 1 aliphatic heterocycles. The van der Waals surface area contributed by atoms with Gasteiger partial charge in [-0.2, -0.15) is 0 Å². The van der Waals surface area contributed by atoms with Crippen LogP contribution in [0.2, 0.25) is 0 Å². The molecule has 0 spiro atoms. The third-order valence-electron chi connectivity index (χ3n) is 3.57. The van der Waals surface area contributed by atoms with E-state index in [2.05, 4.69) is 39.8 Å². The molecule has 2 heterocycles. The van der Waals surface area contributed by atoms with Crippen molar-refractivity contribution in [1.82, 2.24) is 20.2 Å². The van der Waals surface area contributed by atoms with E-state index in [0.717, 1.165) is 10.9 Å². The molecule has 0 amide bonds. The second kappa shape index (κ2) is 4.83. The van der Waals surface area contributed by atoms with Gasteiger partial charge in [-0.15, -0.1) is 16.9 Å². The molecule has 1 atom stereocenters. The van der Waals surface area contributed by atoms with Crippen LogP contribution in [0.15, 0.2) is 34.3 Å². The van der Waals surface area contributed by atoms with Gasteiger partial charge in [-0.25, -0.2) is 4.68 Å². The molecule has 2 aliphatic rings. The van der Waals surface area contributed by atoms with E-state index in [9.17, 15) is 0 Å². The Hall–Kier alpha value is -1.01. The number of hydrogen-bond acceptors (Lipinski definition) is 5. The predicted octanol–water partition coefficient (Wildman–Crippen LogP) is 2.99. The highest BCUT2D eigenvalue weighted by atomic mass is 32.2. The quantitative estimate of drug-likeness (QED) is 0.810. The zero-order valence-electron chi connectivity index (χ0n) is 10.4. The first-order valence-corrected chi connectivity index (χ1v) is 8.51. The number of nitrogens with zero attached hydrogens (tertiary/aromatic N) is 4. The molecule has 0 N–H and O–H groups in total. The highest BCUT2D eigenvalue weighted by molar-refractivity contribution is 8.00. The fraction of sp³-hybridized carbons (Fsp3) is 0.462. The normalized spacial score (nSPS) is 21.6. The Labute approximate surface area is 120 Å². The van der Waals surface area contributed by atoms with Gasteiger partial charge >= 0.3 is 0 Å². The summed E-state index contributed by atoms with van der Waals surface area (Å²) in [4.78, 5) is 1.44. The van der Waals surface area contributed by atoms with Gasteiger partial charge in [-0.1, -0.05) is 30.0 Å². The summed E-state index contributed by atoms with van der Waals surface area (Å²) < 4.78 is 2.00. The Kier molecular flexibility index (Phi) is 3.00. The van der Waals surface area contributed by atoms with Crippen molar-refractivity contribution in [3.63, 3.8) is 0 Å². The number of hydrogen-bond donors (Lipinski definition) is 0. The standard InChI is InChI=1S/C13H14N4S2/c1-2-4-12-11(3-1)9(7-18-12)8-19-13-14-15-16-17(13)10-5-6-10/h1-4,9-10H,5-8H2. The maximum absolute atomic E-state index is 4.15. The number of rotatable bonds is 4. The van der Waals surface area contributed by atoms with Gasteiger partial charge in [0.2, 0.25) is 5.16 Å². The lowest BCUT2D eigenvalue weighted by molar-refractivity contribution is 0.565. The lowest BCUT2D eigenvalue weighted by Crippen LogP contribution is -2.03. The molecule has 1 unspecified atom stereocenters. The van der Waals surface area contributed by atoms with Gasteiger partial charge < -0.3 is 0 Å². The molecule has 1 saturated carbocycles. The molecular formula is C13H14N4S2. The number of tetrazole rings is 1. The van der Waals surface area contributed by atoms with Crippen molar-refractivity contribution >= 4 is 23.5 Å². The smallest absolute Gasteiger partial charge is 0.209 e. The number of thioether (sulfide) groups is 2. The van der Waals surface area contributed by atoms with Gasteiger partial charge in [0.15, 0.2) is 0 Å². The monoisotopic (exact) mass is 290 g/mol. The topological polar surface area (TPSA) is 43.6 Å². The van der Waals surface area contributed by atoms with Crippen LogP contribution in [-0.4, -0.2) is 31.7 Å². The summed E-state index contributed by atoms with van der Waals surface area (Å²) >= 11 is 3.76. The molecule has 1 fully saturated rings. The number of fused-ring (bicyclic) bond motifs is 1. The number of aromatic nitrogens is 4. The van der Waals surface area contributed by atoms with Crippen LogP contribution >= 0.6 is 23.5 Å². The van der Waals surface area contributed by atoms with Gasteiger partial charge in [-0.3, -0.25) is 0 Å². The van der Waals surface area contributed by atoms with Crippen LogP contribution in [0.4, 0.5) is 0 Å². The molecule has 2 aromatic rings. The molecule has 98 valence electrons. The average molecular weight is 290 g/mol. The van der Waals surface area contributed by atoms with E-state index in [0.29, 0.717) is 12.0 Å². The van der Waals surface area contributed by atoms with Gasteiger partial charge in [0.25, 0.3) is 0 Å². The first-order valence-electron chi connectivity index (χ1n) is 6.54. The van der Waals surface area contributed by atoms with E-state index in [-0.39, 0.29) is 0 Å². The maximum atomic E-state index is 4.15. The van der Waals surface area contributed by atoms with Crippen molar-refractivity contribution in [3.05, 3.63) is 29.8 Å². The van der Waals surface area contributed by atoms with Gasteiger partial charge in [0, 0.05) is 22.3 Å². The molecule has 19 heavy (non-hydrogen) atoms. The summed E-state index contributed by atoms with van der Waals surface area (Å²) in [5, 5.41) is 13.0. The fourth-order valence-electron chi connectivity index (χ4n) is 2.37. The lowest BCUT2D eigenvalue weighted by Gasteiger charge is -2.09. The minimum absolute atomic E-state index is 0.558. The highest BCUT2D eigenvalue weighted by Crippen LogP contribution is 2.42. The zero-order valence-corrected chi connectivity index (χ0v) is 12.0. The Morgan fingerprint density at radius 3 is 3.11 bits per heavy atom. The molecule has 1 aliphatic carbocycles. The third-order valence-corrected chi connectivity index (χ3v) is 5.92. The zero-order chi connectivity index (χ0) is 12.7. The van der Waals surface area contributed by atoms with Crippen LogP contribution < -0.4 is 0 Å². The second-order valence-electron chi connectivity index (χ2n) is 4.99. The van der Waals surface area contributed by atoms with Gasteiger partial charge in [0.1, 0.15) is 0 Å². The molecular weight excluding hydrogens is 276 g/mol. The van der Waals surface area contributed by atoms with E-state index in [1.54, 1.807) is 11.8 Å². The van der Waals surface area contributed by atoms with Crippen LogP contribution in [0.25, 0.3) is 0 Å². The highest BCUT2D eigenvalue weighted by Gasteiger charge is 2.29. The molecule has 1 aromatic heterocycles. The summed E-state index contributed by atoms with van der Waals surface area (Å²) in [6, 6.07) is 9.29. The van der Waals surface area contributed by atoms with Gasteiger partial charge in [-0.05, 0) is 34.9 Å². The van der Waals surface area contributed by atoms with Crippen LogP contribution in [0, 0.1) is 0 Å². The van der Waals surface area contributed by atoms with E-state index in [1.165, 1.54) is 29.1 Å². The van der Waals surface area contributed by atoms with E-state index in [1.807, 2.05) is 16.4 Å². The maximum Gasteiger partial charge on any atom is 0.209 e. The molecule has 1 aromatic carbocycles. The van der Waals surface area contributed by atoms with E-state index < -0.39 is 0 Å². The minimum atomic E-state index is 0.558. The van der Waals surface area contributed by atoms with E-state index in [4.69, 9.17) is 0 Å². The van der Waals surface area contributed by atoms with Crippen molar-refractivity contribution in [3.8, 4) is 0 Å². The summed E-state index contributed by atoms with van der Waals surface area (Å²) in [5.74, 6) is 2.87. The molecule has 6 heteroatoms. The predicted molar refractivity (Wildman–Crippen MR) is 76.7 cm³/mol. The summed E-state index contributed by atoms with van der Waals surface area (Å²) in [5.41, 5.74) is 1.49. The Morgan fingerprint density at radius 1 is 1.32 bits per heavy atom. The lowest BCUT2D eigenvalue weighted by atomic mass is 10.0. The van der Waals surface area contributed by atoms with Crippen molar-refractivity contribution in [2.24, 2.45) is 0 Å². The summed E-state index contributed by atoms with van der Waals surface area (Å²) in [6.45, 7) is 0. The molecule has 0 radical (unpaired) electrons. The molecule has 4 rings (SSSR count). The average Bonchev–Trinajstić information content (AvgIpc) is 3.04. The van der Waals surface area contributed by atoms with Crippen molar-refractivity contribution in [1.29, 1.82) is 0 Å². The van der Waals surface area contributed by atoms with Crippen molar-refractivity contribution < 1.29 is 0 Å². The Bertz CT molecular complexity index is 594. The number of benzene rings is 1. The minimum Gasteiger partial charge on any atom is -0.217 e. The van der Waals surface area contributed by atoms with Crippen molar-refractivity contribution in [2.75, 3.05) is 11.5 Å². The second-order valence-corrected chi connectivity index (χ2v) is 7.04. The van der Waals surface area contributed by atoms with Crippen LogP contribution in [0.3, 0.4) is 0 Å².